The summed E-state index contributed by atoms with van der Waals surface area (Å²) in [4.78, 5) is 14.7. The largest absolute Gasteiger partial charge is 0.445 e. The van der Waals surface area contributed by atoms with E-state index in [0.717, 1.165) is 12.0 Å². The van der Waals surface area contributed by atoms with Crippen LogP contribution in [0.5, 0.6) is 0 Å². The molecule has 1 fully saturated rings. The molecule has 0 N–H and O–H groups in total. The molecule has 4 heteroatoms. The van der Waals surface area contributed by atoms with Crippen LogP contribution in [0.2, 0.25) is 0 Å². The summed E-state index contributed by atoms with van der Waals surface area (Å²) in [5, 5.41) is 2.48. The van der Waals surface area contributed by atoms with E-state index in [1.54, 1.807) is 0 Å². The predicted molar refractivity (Wildman–Crippen MR) is 113 cm³/mol. The van der Waals surface area contributed by atoms with Crippen LogP contribution in [0.25, 0.3) is 16.3 Å². The van der Waals surface area contributed by atoms with E-state index in [0.29, 0.717) is 13.2 Å². The molecule has 1 saturated heterocycles. The van der Waals surface area contributed by atoms with Crippen molar-refractivity contribution < 1.29 is 14.3 Å². The summed E-state index contributed by atoms with van der Waals surface area (Å²) in [7, 11) is 0. The number of amides is 1. The summed E-state index contributed by atoms with van der Waals surface area (Å²) in [6.07, 6.45) is 2.69. The van der Waals surface area contributed by atoms with Crippen molar-refractivity contribution in [2.45, 2.75) is 25.1 Å². The molecule has 3 aromatic carbocycles. The molecular formula is C25H23NO3. The topological polar surface area (TPSA) is 38.8 Å². The summed E-state index contributed by atoms with van der Waals surface area (Å²) in [6, 6.07) is 24.5. The maximum absolute atomic E-state index is 12.9. The summed E-state index contributed by atoms with van der Waals surface area (Å²) >= 11 is 0. The number of hydrogen-bond donors (Lipinski definition) is 0. The second-order valence-corrected chi connectivity index (χ2v) is 7.63. The van der Waals surface area contributed by atoms with E-state index in [1.807, 2.05) is 35.2 Å². The Hall–Kier alpha value is -3.11. The maximum atomic E-state index is 12.9. The van der Waals surface area contributed by atoms with Gasteiger partial charge in [0.1, 0.15) is 6.61 Å². The molecule has 2 unspecified atom stereocenters. The standard InChI is InChI=1S/C25H23NO3/c27-25(29-15-18-7-2-1-3-8-18)26-21-13-20(14-22(26)17-28-16-21)24-12-6-10-19-9-4-5-11-23(19)24/h1-13,21-22H,14-17H2. The summed E-state index contributed by atoms with van der Waals surface area (Å²) in [5.41, 5.74) is 3.52. The van der Waals surface area contributed by atoms with Crippen LogP contribution >= 0.6 is 0 Å². The van der Waals surface area contributed by atoms with Gasteiger partial charge in [-0.1, -0.05) is 78.9 Å². The van der Waals surface area contributed by atoms with E-state index in [4.69, 9.17) is 9.47 Å². The highest BCUT2D eigenvalue weighted by molar-refractivity contribution is 5.94. The average molecular weight is 385 g/mol. The van der Waals surface area contributed by atoms with Crippen molar-refractivity contribution in [3.8, 4) is 0 Å². The van der Waals surface area contributed by atoms with E-state index in [-0.39, 0.29) is 24.8 Å². The van der Waals surface area contributed by atoms with Crippen LogP contribution in [0.3, 0.4) is 0 Å². The SMILES string of the molecule is O=C(OCc1ccccc1)N1C2C=C(c3cccc4ccccc34)CC1COC2. The number of fused-ring (bicyclic) bond motifs is 3. The van der Waals surface area contributed by atoms with E-state index in [9.17, 15) is 4.79 Å². The Morgan fingerprint density at radius 1 is 0.966 bits per heavy atom. The third kappa shape index (κ3) is 3.52. The van der Waals surface area contributed by atoms with Crippen LogP contribution in [0.15, 0.2) is 78.9 Å². The molecule has 29 heavy (non-hydrogen) atoms. The van der Waals surface area contributed by atoms with Crippen molar-refractivity contribution in [1.29, 1.82) is 0 Å². The highest BCUT2D eigenvalue weighted by atomic mass is 16.6. The first kappa shape index (κ1) is 18.0. The first-order chi connectivity index (χ1) is 14.3. The lowest BCUT2D eigenvalue weighted by molar-refractivity contribution is -0.0342. The van der Waals surface area contributed by atoms with Crippen LogP contribution in [-0.2, 0) is 16.1 Å². The van der Waals surface area contributed by atoms with Crippen LogP contribution in [-0.4, -0.2) is 36.3 Å². The molecule has 0 aliphatic carbocycles. The molecule has 1 amide bonds. The van der Waals surface area contributed by atoms with E-state index < -0.39 is 0 Å². The first-order valence-electron chi connectivity index (χ1n) is 10.1. The van der Waals surface area contributed by atoms with E-state index >= 15 is 0 Å². The number of rotatable bonds is 3. The normalized spacial score (nSPS) is 21.0. The zero-order chi connectivity index (χ0) is 19.6. The highest BCUT2D eigenvalue weighted by Gasteiger charge is 2.39. The number of morpholine rings is 1. The Labute approximate surface area is 170 Å². The van der Waals surface area contributed by atoms with Gasteiger partial charge in [0.2, 0.25) is 0 Å². The third-order valence-corrected chi connectivity index (χ3v) is 5.75. The van der Waals surface area contributed by atoms with Gasteiger partial charge in [-0.05, 0) is 33.9 Å². The van der Waals surface area contributed by atoms with Gasteiger partial charge in [-0.3, -0.25) is 4.90 Å². The Morgan fingerprint density at radius 2 is 1.76 bits per heavy atom. The van der Waals surface area contributed by atoms with Gasteiger partial charge in [0.15, 0.2) is 0 Å². The number of ether oxygens (including phenoxy) is 2. The fraction of sp³-hybridized carbons (Fsp3) is 0.240. The zero-order valence-electron chi connectivity index (χ0n) is 16.2. The van der Waals surface area contributed by atoms with E-state index in [2.05, 4.69) is 48.5 Å². The number of nitrogens with zero attached hydrogens (tertiary/aromatic N) is 1. The second-order valence-electron chi connectivity index (χ2n) is 7.63. The molecule has 146 valence electrons. The Morgan fingerprint density at radius 3 is 2.62 bits per heavy atom. The minimum atomic E-state index is -0.264. The Balaban J connectivity index is 1.40. The summed E-state index contributed by atoms with van der Waals surface area (Å²) in [5.74, 6) is 0. The quantitative estimate of drug-likeness (QED) is 0.634. The monoisotopic (exact) mass is 385 g/mol. The molecule has 2 aliphatic rings. The summed E-state index contributed by atoms with van der Waals surface area (Å²) < 4.78 is 11.4. The molecule has 0 radical (unpaired) electrons. The van der Waals surface area contributed by atoms with Gasteiger partial charge in [-0.25, -0.2) is 4.79 Å². The second kappa shape index (κ2) is 7.72. The lowest BCUT2D eigenvalue weighted by atomic mass is 9.88. The molecule has 2 heterocycles. The van der Waals surface area contributed by atoms with Crippen LogP contribution in [0.1, 0.15) is 17.5 Å². The lowest BCUT2D eigenvalue weighted by Crippen LogP contribution is -2.56. The third-order valence-electron chi connectivity index (χ3n) is 5.75. The number of benzene rings is 3. The molecule has 0 spiro atoms. The molecule has 4 nitrogen and oxygen atoms in total. The van der Waals surface area contributed by atoms with Crippen LogP contribution < -0.4 is 0 Å². The van der Waals surface area contributed by atoms with Gasteiger partial charge < -0.3 is 9.47 Å². The summed E-state index contributed by atoms with van der Waals surface area (Å²) in [6.45, 7) is 1.33. The van der Waals surface area contributed by atoms with Crippen molar-refractivity contribution in [2.24, 2.45) is 0 Å². The lowest BCUT2D eigenvalue weighted by Gasteiger charge is -2.44. The van der Waals surface area contributed by atoms with Crippen molar-refractivity contribution in [3.63, 3.8) is 0 Å². The molecule has 0 aromatic heterocycles. The smallest absolute Gasteiger partial charge is 0.411 e. The Kier molecular flexibility index (Phi) is 4.78. The predicted octanol–water partition coefficient (Wildman–Crippen LogP) is 5.03. The van der Waals surface area contributed by atoms with Gasteiger partial charge in [-0.2, -0.15) is 0 Å². The van der Waals surface area contributed by atoms with Crippen LogP contribution in [0, 0.1) is 0 Å². The van der Waals surface area contributed by atoms with Crippen molar-refractivity contribution in [3.05, 3.63) is 90.0 Å². The minimum Gasteiger partial charge on any atom is -0.445 e. The minimum absolute atomic E-state index is 0.00371. The zero-order valence-corrected chi connectivity index (χ0v) is 16.2. The van der Waals surface area contributed by atoms with Crippen LogP contribution in [0.4, 0.5) is 4.79 Å². The number of hydrogen-bond acceptors (Lipinski definition) is 3. The molecule has 2 aliphatic heterocycles. The molecule has 2 bridgehead atoms. The number of carbonyl (C=O) groups excluding carboxylic acids is 1. The van der Waals surface area contributed by atoms with Crippen molar-refractivity contribution in [1.82, 2.24) is 4.90 Å². The fourth-order valence-electron chi connectivity index (χ4n) is 4.38. The van der Waals surface area contributed by atoms with Crippen molar-refractivity contribution >= 4 is 22.4 Å². The van der Waals surface area contributed by atoms with Gasteiger partial charge in [0.05, 0.1) is 25.3 Å². The fourth-order valence-corrected chi connectivity index (χ4v) is 4.38. The Bertz CT molecular complexity index is 1050. The molecule has 3 aromatic rings. The average Bonchev–Trinajstić information content (AvgIpc) is 2.77. The molecule has 0 saturated carbocycles. The maximum Gasteiger partial charge on any atom is 0.411 e. The molecule has 5 rings (SSSR count). The molecular weight excluding hydrogens is 362 g/mol. The molecule has 2 atom stereocenters. The van der Waals surface area contributed by atoms with Gasteiger partial charge in [0, 0.05) is 0 Å². The van der Waals surface area contributed by atoms with Gasteiger partial charge in [0.25, 0.3) is 0 Å². The van der Waals surface area contributed by atoms with Gasteiger partial charge >= 0.3 is 6.09 Å². The first-order valence-corrected chi connectivity index (χ1v) is 10.1. The van der Waals surface area contributed by atoms with E-state index in [1.165, 1.54) is 21.9 Å². The highest BCUT2D eigenvalue weighted by Crippen LogP contribution is 2.35. The number of carbonyl (C=O) groups is 1. The van der Waals surface area contributed by atoms with Gasteiger partial charge in [-0.15, -0.1) is 0 Å². The van der Waals surface area contributed by atoms with Crippen molar-refractivity contribution in [2.75, 3.05) is 13.2 Å².